The maximum atomic E-state index is 13.4. The minimum absolute atomic E-state index is 0.127. The number of aryl methyl sites for hydroxylation is 2. The number of fused-ring (bicyclic) bond motifs is 1. The number of nitrogens with zero attached hydrogens (tertiary/aromatic N) is 1. The minimum atomic E-state index is -3.92. The van der Waals surface area contributed by atoms with Crippen molar-refractivity contribution in [3.63, 3.8) is 0 Å². The lowest BCUT2D eigenvalue weighted by Gasteiger charge is -2.34. The second kappa shape index (κ2) is 11.6. The van der Waals surface area contributed by atoms with E-state index in [-0.39, 0.29) is 36.4 Å². The van der Waals surface area contributed by atoms with Crippen LogP contribution in [-0.2, 0) is 32.6 Å². The fourth-order valence-electron chi connectivity index (χ4n) is 5.97. The number of nitrogens with one attached hydrogen (secondary N) is 3. The van der Waals surface area contributed by atoms with Crippen LogP contribution >= 0.6 is 0 Å². The van der Waals surface area contributed by atoms with Gasteiger partial charge in [0.15, 0.2) is 0 Å². The highest BCUT2D eigenvalue weighted by atomic mass is 32.2. The zero-order chi connectivity index (χ0) is 26.7. The van der Waals surface area contributed by atoms with E-state index in [0.29, 0.717) is 6.04 Å². The molecule has 2 fully saturated rings. The van der Waals surface area contributed by atoms with Crippen LogP contribution in [0.3, 0.4) is 0 Å². The molecule has 0 bridgehead atoms. The van der Waals surface area contributed by atoms with Gasteiger partial charge in [-0.1, -0.05) is 48.7 Å². The molecule has 2 aliphatic carbocycles. The van der Waals surface area contributed by atoms with E-state index in [1.807, 2.05) is 6.92 Å². The fourth-order valence-corrected chi connectivity index (χ4v) is 7.56. The monoisotopic (exact) mass is 538 g/mol. The van der Waals surface area contributed by atoms with E-state index in [9.17, 15) is 18.0 Å². The lowest BCUT2D eigenvalue weighted by molar-refractivity contribution is -0.132. The second-order valence-electron chi connectivity index (χ2n) is 10.8. The normalized spacial score (nSPS) is 22.6. The predicted molar refractivity (Wildman–Crippen MR) is 146 cm³/mol. The zero-order valence-corrected chi connectivity index (χ0v) is 22.9. The number of sulfonamides is 1. The lowest BCUT2D eigenvalue weighted by Crippen LogP contribution is -2.58. The van der Waals surface area contributed by atoms with Crippen molar-refractivity contribution < 1.29 is 18.0 Å². The first-order valence-electron chi connectivity index (χ1n) is 13.8. The van der Waals surface area contributed by atoms with Gasteiger partial charge in [0.2, 0.25) is 21.8 Å². The molecule has 0 unspecified atom stereocenters. The predicted octanol–water partition coefficient (Wildman–Crippen LogP) is 3.10. The van der Waals surface area contributed by atoms with Gasteiger partial charge < -0.3 is 16.0 Å². The van der Waals surface area contributed by atoms with Gasteiger partial charge in [-0.2, -0.15) is 4.31 Å². The number of hydrogen-bond acceptors (Lipinski definition) is 5. The topological polar surface area (TPSA) is 108 Å². The van der Waals surface area contributed by atoms with E-state index in [4.69, 9.17) is 0 Å². The molecule has 2 aromatic carbocycles. The highest BCUT2D eigenvalue weighted by Gasteiger charge is 2.40. The summed E-state index contributed by atoms with van der Waals surface area (Å²) in [5.74, 6) is -0.758. The molecular weight excluding hydrogens is 500 g/mol. The standard InChI is InChI=1S/C29H38N4O4S/c1-20-9-12-24(13-10-20)38(36,37)33-16-15-30-29(35)27(33)18-28(34)32-26-8-4-5-22-17-21(11-14-25(22)26)19-31-23-6-2-3-7-23/h9-14,17,23,26-27,31H,2-8,15-16,18-19H2,1H3,(H,30,35)(H,32,34)/t26-,27-/m1/s1. The van der Waals surface area contributed by atoms with Gasteiger partial charge in [-0.3, -0.25) is 9.59 Å². The number of carbonyl (C=O) groups excluding carboxylic acids is 2. The van der Waals surface area contributed by atoms with Crippen LogP contribution in [0, 0.1) is 6.92 Å². The van der Waals surface area contributed by atoms with Gasteiger partial charge in [-0.15, -0.1) is 0 Å². The Balaban J connectivity index is 1.26. The first-order chi connectivity index (χ1) is 18.3. The fraction of sp³-hybridized carbons (Fsp3) is 0.517. The summed E-state index contributed by atoms with van der Waals surface area (Å²) in [5.41, 5.74) is 4.58. The van der Waals surface area contributed by atoms with E-state index in [1.165, 1.54) is 41.1 Å². The minimum Gasteiger partial charge on any atom is -0.353 e. The molecule has 5 rings (SSSR count). The summed E-state index contributed by atoms with van der Waals surface area (Å²) in [4.78, 5) is 26.1. The summed E-state index contributed by atoms with van der Waals surface area (Å²) in [5, 5.41) is 9.50. The number of benzene rings is 2. The summed E-state index contributed by atoms with van der Waals surface area (Å²) in [6.07, 6.45) is 7.67. The van der Waals surface area contributed by atoms with Crippen molar-refractivity contribution in [1.29, 1.82) is 0 Å². The third-order valence-corrected chi connectivity index (χ3v) is 10.0. The van der Waals surface area contributed by atoms with Crippen LogP contribution in [0.4, 0.5) is 0 Å². The molecule has 3 N–H and O–H groups in total. The Kier molecular flexibility index (Phi) is 8.16. The summed E-state index contributed by atoms with van der Waals surface area (Å²) >= 11 is 0. The number of rotatable bonds is 8. The van der Waals surface area contributed by atoms with Crippen LogP contribution < -0.4 is 16.0 Å². The molecular formula is C29H38N4O4S. The molecule has 0 spiro atoms. The maximum Gasteiger partial charge on any atom is 0.243 e. The van der Waals surface area contributed by atoms with E-state index in [1.54, 1.807) is 24.3 Å². The van der Waals surface area contributed by atoms with Crippen molar-refractivity contribution in [2.45, 2.75) is 87.9 Å². The van der Waals surface area contributed by atoms with Gasteiger partial charge in [0.25, 0.3) is 0 Å². The SMILES string of the molecule is Cc1ccc(S(=O)(=O)N2CCNC(=O)[C@H]2CC(=O)N[C@@H]2CCCc3cc(CNC4CCCC4)ccc32)cc1. The van der Waals surface area contributed by atoms with Crippen LogP contribution in [0.1, 0.15) is 73.2 Å². The van der Waals surface area contributed by atoms with Crippen LogP contribution in [0.5, 0.6) is 0 Å². The average Bonchev–Trinajstić information content (AvgIpc) is 3.43. The molecule has 1 heterocycles. The molecule has 0 radical (unpaired) electrons. The quantitative estimate of drug-likeness (QED) is 0.479. The van der Waals surface area contributed by atoms with Gasteiger partial charge in [0.1, 0.15) is 6.04 Å². The lowest BCUT2D eigenvalue weighted by atomic mass is 9.86. The maximum absolute atomic E-state index is 13.4. The molecule has 1 aliphatic heterocycles. The van der Waals surface area contributed by atoms with Crippen LogP contribution in [0.2, 0.25) is 0 Å². The Labute approximate surface area is 225 Å². The third kappa shape index (κ3) is 5.95. The van der Waals surface area contributed by atoms with E-state index < -0.39 is 22.0 Å². The summed E-state index contributed by atoms with van der Waals surface area (Å²) in [6.45, 7) is 3.09. The molecule has 204 valence electrons. The molecule has 8 nitrogen and oxygen atoms in total. The summed E-state index contributed by atoms with van der Waals surface area (Å²) in [6, 6.07) is 12.5. The first kappa shape index (κ1) is 26.8. The molecule has 2 aromatic rings. The van der Waals surface area contributed by atoms with Crippen molar-refractivity contribution in [1.82, 2.24) is 20.3 Å². The van der Waals surface area contributed by atoms with Gasteiger partial charge in [-0.25, -0.2) is 8.42 Å². The molecule has 0 aromatic heterocycles. The Bertz CT molecular complexity index is 1270. The van der Waals surface area contributed by atoms with Crippen molar-refractivity contribution in [2.24, 2.45) is 0 Å². The second-order valence-corrected chi connectivity index (χ2v) is 12.7. The Morgan fingerprint density at radius 3 is 2.58 bits per heavy atom. The zero-order valence-electron chi connectivity index (χ0n) is 22.0. The van der Waals surface area contributed by atoms with Gasteiger partial charge in [0.05, 0.1) is 17.4 Å². The molecule has 38 heavy (non-hydrogen) atoms. The van der Waals surface area contributed by atoms with Crippen LogP contribution in [0.25, 0.3) is 0 Å². The largest absolute Gasteiger partial charge is 0.353 e. The summed E-state index contributed by atoms with van der Waals surface area (Å²) < 4.78 is 27.9. The van der Waals surface area contributed by atoms with Crippen LogP contribution in [-0.4, -0.2) is 49.7 Å². The molecule has 1 saturated carbocycles. The van der Waals surface area contributed by atoms with E-state index in [2.05, 4.69) is 34.1 Å². The molecule has 2 amide bonds. The Morgan fingerprint density at radius 1 is 1.05 bits per heavy atom. The van der Waals surface area contributed by atoms with E-state index >= 15 is 0 Å². The third-order valence-electron chi connectivity index (χ3n) is 8.09. The highest BCUT2D eigenvalue weighted by Crippen LogP contribution is 2.31. The number of amides is 2. The molecule has 9 heteroatoms. The van der Waals surface area contributed by atoms with Crippen molar-refractivity contribution in [2.75, 3.05) is 13.1 Å². The Morgan fingerprint density at radius 2 is 1.82 bits per heavy atom. The molecule has 2 atom stereocenters. The number of hydrogen-bond donors (Lipinski definition) is 3. The van der Waals surface area contributed by atoms with Gasteiger partial charge >= 0.3 is 0 Å². The Hall–Kier alpha value is -2.75. The van der Waals surface area contributed by atoms with Gasteiger partial charge in [0, 0.05) is 25.7 Å². The first-order valence-corrected chi connectivity index (χ1v) is 15.3. The summed E-state index contributed by atoms with van der Waals surface area (Å²) in [7, 11) is -3.92. The number of carbonyl (C=O) groups is 2. The number of piperazine rings is 1. The average molecular weight is 539 g/mol. The molecule has 3 aliphatic rings. The van der Waals surface area contributed by atoms with Crippen LogP contribution in [0.15, 0.2) is 47.4 Å². The molecule has 1 saturated heterocycles. The van der Waals surface area contributed by atoms with Crippen molar-refractivity contribution >= 4 is 21.8 Å². The van der Waals surface area contributed by atoms with E-state index in [0.717, 1.165) is 36.9 Å². The van der Waals surface area contributed by atoms with Crippen molar-refractivity contribution in [3.05, 3.63) is 64.7 Å². The van der Waals surface area contributed by atoms with Crippen molar-refractivity contribution in [3.8, 4) is 0 Å². The smallest absolute Gasteiger partial charge is 0.243 e. The highest BCUT2D eigenvalue weighted by molar-refractivity contribution is 7.89. The van der Waals surface area contributed by atoms with Gasteiger partial charge in [-0.05, 0) is 67.9 Å².